The Bertz CT molecular complexity index is 377. The van der Waals surface area contributed by atoms with Crippen LogP contribution in [0.3, 0.4) is 0 Å². The van der Waals surface area contributed by atoms with Gasteiger partial charge in [-0.25, -0.2) is 0 Å². The first kappa shape index (κ1) is 13.7. The highest BCUT2D eigenvalue weighted by Crippen LogP contribution is 2.13. The van der Waals surface area contributed by atoms with Gasteiger partial charge in [-0.1, -0.05) is 18.2 Å². The van der Waals surface area contributed by atoms with E-state index in [1.165, 1.54) is 0 Å². The smallest absolute Gasteiger partial charge is 0.238 e. The molecule has 0 atom stereocenters. The van der Waals surface area contributed by atoms with Crippen LogP contribution < -0.4 is 11.1 Å². The van der Waals surface area contributed by atoms with Crippen molar-refractivity contribution in [1.29, 1.82) is 0 Å². The number of amides is 1. The number of carbonyl (C=O) groups is 1. The standard InChI is InChI=1S/C13H21N3O/c1-10(2)16(3)9-13(17)15-12-7-5-4-6-11(12)8-14/h4-7,10H,8-9,14H2,1-3H3,(H,15,17). The van der Waals surface area contributed by atoms with E-state index < -0.39 is 0 Å². The van der Waals surface area contributed by atoms with Crippen molar-refractivity contribution in [2.45, 2.75) is 26.4 Å². The maximum absolute atomic E-state index is 11.8. The molecule has 4 heteroatoms. The molecule has 0 aromatic heterocycles. The molecule has 1 aromatic rings. The van der Waals surface area contributed by atoms with Crippen LogP contribution in [0.1, 0.15) is 19.4 Å². The monoisotopic (exact) mass is 235 g/mol. The highest BCUT2D eigenvalue weighted by atomic mass is 16.2. The van der Waals surface area contributed by atoms with E-state index in [-0.39, 0.29) is 5.91 Å². The zero-order valence-corrected chi connectivity index (χ0v) is 10.7. The van der Waals surface area contributed by atoms with Gasteiger partial charge in [0.1, 0.15) is 0 Å². The van der Waals surface area contributed by atoms with E-state index in [1.807, 2.05) is 36.2 Å². The van der Waals surface area contributed by atoms with Gasteiger partial charge in [0.05, 0.1) is 6.54 Å². The quantitative estimate of drug-likeness (QED) is 0.811. The molecule has 0 bridgehead atoms. The lowest BCUT2D eigenvalue weighted by Gasteiger charge is -2.20. The number of rotatable bonds is 5. The van der Waals surface area contributed by atoms with E-state index in [2.05, 4.69) is 19.2 Å². The maximum atomic E-state index is 11.8. The lowest BCUT2D eigenvalue weighted by molar-refractivity contribution is -0.117. The summed E-state index contributed by atoms with van der Waals surface area (Å²) in [6, 6.07) is 7.95. The van der Waals surface area contributed by atoms with Crippen LogP contribution in [0.5, 0.6) is 0 Å². The normalized spacial score (nSPS) is 10.9. The van der Waals surface area contributed by atoms with E-state index in [0.717, 1.165) is 11.3 Å². The van der Waals surface area contributed by atoms with Gasteiger partial charge in [-0.05, 0) is 32.5 Å². The number of anilines is 1. The fraction of sp³-hybridized carbons (Fsp3) is 0.462. The van der Waals surface area contributed by atoms with Gasteiger partial charge in [0.25, 0.3) is 0 Å². The molecule has 0 saturated carbocycles. The number of hydrogen-bond donors (Lipinski definition) is 2. The third-order valence-corrected chi connectivity index (χ3v) is 2.79. The predicted octanol–water partition coefficient (Wildman–Crippen LogP) is 1.42. The SMILES string of the molecule is CC(C)N(C)CC(=O)Nc1ccccc1CN. The van der Waals surface area contributed by atoms with Crippen LogP contribution in [-0.4, -0.2) is 30.4 Å². The Morgan fingerprint density at radius 1 is 1.41 bits per heavy atom. The number of likely N-dealkylation sites (N-methyl/N-ethyl adjacent to an activating group) is 1. The largest absolute Gasteiger partial charge is 0.326 e. The molecule has 0 saturated heterocycles. The topological polar surface area (TPSA) is 58.4 Å². The number of benzene rings is 1. The minimum absolute atomic E-state index is 0.0119. The lowest BCUT2D eigenvalue weighted by Crippen LogP contribution is -2.35. The van der Waals surface area contributed by atoms with Gasteiger partial charge >= 0.3 is 0 Å². The summed E-state index contributed by atoms with van der Waals surface area (Å²) in [6.45, 7) is 4.93. The first-order valence-corrected chi connectivity index (χ1v) is 5.82. The highest BCUT2D eigenvalue weighted by Gasteiger charge is 2.10. The summed E-state index contributed by atoms with van der Waals surface area (Å²) in [6.07, 6.45) is 0. The van der Waals surface area contributed by atoms with Crippen molar-refractivity contribution in [2.75, 3.05) is 18.9 Å². The number of nitrogens with one attached hydrogen (secondary N) is 1. The second kappa shape index (κ2) is 6.37. The zero-order valence-electron chi connectivity index (χ0n) is 10.7. The summed E-state index contributed by atoms with van der Waals surface area (Å²) >= 11 is 0. The molecular weight excluding hydrogens is 214 g/mol. The van der Waals surface area contributed by atoms with Crippen LogP contribution in [0.15, 0.2) is 24.3 Å². The van der Waals surface area contributed by atoms with Gasteiger partial charge < -0.3 is 11.1 Å². The molecule has 0 aliphatic heterocycles. The maximum Gasteiger partial charge on any atom is 0.238 e. The van der Waals surface area contributed by atoms with Crippen molar-refractivity contribution in [1.82, 2.24) is 4.90 Å². The molecule has 1 rings (SSSR count). The van der Waals surface area contributed by atoms with Crippen molar-refractivity contribution >= 4 is 11.6 Å². The Morgan fingerprint density at radius 2 is 2.06 bits per heavy atom. The molecule has 17 heavy (non-hydrogen) atoms. The minimum Gasteiger partial charge on any atom is -0.326 e. The van der Waals surface area contributed by atoms with Crippen LogP contribution in [0.4, 0.5) is 5.69 Å². The Labute approximate surface area is 103 Å². The third kappa shape index (κ3) is 4.17. The summed E-state index contributed by atoms with van der Waals surface area (Å²) in [5, 5.41) is 2.89. The Balaban J connectivity index is 2.62. The molecule has 0 aliphatic carbocycles. The van der Waals surface area contributed by atoms with Crippen LogP contribution in [0, 0.1) is 0 Å². The van der Waals surface area contributed by atoms with Gasteiger partial charge in [-0.3, -0.25) is 9.69 Å². The van der Waals surface area contributed by atoms with Gasteiger partial charge in [0.15, 0.2) is 0 Å². The number of nitrogens with two attached hydrogens (primary N) is 1. The molecule has 0 heterocycles. The van der Waals surface area contributed by atoms with Gasteiger partial charge in [0, 0.05) is 18.3 Å². The zero-order chi connectivity index (χ0) is 12.8. The Morgan fingerprint density at radius 3 is 2.65 bits per heavy atom. The molecule has 0 unspecified atom stereocenters. The molecule has 1 aromatic carbocycles. The van der Waals surface area contributed by atoms with Crippen molar-refractivity contribution in [3.8, 4) is 0 Å². The van der Waals surface area contributed by atoms with E-state index in [1.54, 1.807) is 0 Å². The average Bonchev–Trinajstić information content (AvgIpc) is 2.29. The number of carbonyl (C=O) groups excluding carboxylic acids is 1. The molecular formula is C13H21N3O. The Kier molecular flexibility index (Phi) is 5.12. The minimum atomic E-state index is -0.0119. The molecule has 4 nitrogen and oxygen atoms in total. The fourth-order valence-electron chi connectivity index (χ4n) is 1.42. The van der Waals surface area contributed by atoms with Gasteiger partial charge in [0.2, 0.25) is 5.91 Å². The third-order valence-electron chi connectivity index (χ3n) is 2.79. The van der Waals surface area contributed by atoms with E-state index in [0.29, 0.717) is 19.1 Å². The fourth-order valence-corrected chi connectivity index (χ4v) is 1.42. The van der Waals surface area contributed by atoms with Crippen molar-refractivity contribution in [2.24, 2.45) is 5.73 Å². The predicted molar refractivity (Wildman–Crippen MR) is 70.7 cm³/mol. The molecule has 0 fully saturated rings. The molecule has 94 valence electrons. The second-order valence-electron chi connectivity index (χ2n) is 4.42. The molecule has 0 aliphatic rings. The summed E-state index contributed by atoms with van der Waals surface area (Å²) in [5.41, 5.74) is 7.37. The van der Waals surface area contributed by atoms with Crippen molar-refractivity contribution in [3.05, 3.63) is 29.8 Å². The first-order valence-electron chi connectivity index (χ1n) is 5.82. The van der Waals surface area contributed by atoms with Crippen molar-refractivity contribution in [3.63, 3.8) is 0 Å². The average molecular weight is 235 g/mol. The summed E-state index contributed by atoms with van der Waals surface area (Å²) in [4.78, 5) is 13.8. The van der Waals surface area contributed by atoms with Crippen LogP contribution in [0.2, 0.25) is 0 Å². The lowest BCUT2D eigenvalue weighted by atomic mass is 10.2. The number of hydrogen-bond acceptors (Lipinski definition) is 3. The highest BCUT2D eigenvalue weighted by molar-refractivity contribution is 5.92. The number of para-hydroxylation sites is 1. The van der Waals surface area contributed by atoms with Crippen LogP contribution in [0.25, 0.3) is 0 Å². The van der Waals surface area contributed by atoms with E-state index >= 15 is 0 Å². The first-order chi connectivity index (χ1) is 8.04. The summed E-state index contributed by atoms with van der Waals surface area (Å²) in [7, 11) is 1.93. The van der Waals surface area contributed by atoms with Crippen LogP contribution in [-0.2, 0) is 11.3 Å². The molecule has 0 radical (unpaired) electrons. The van der Waals surface area contributed by atoms with Crippen LogP contribution >= 0.6 is 0 Å². The Hall–Kier alpha value is -1.39. The van der Waals surface area contributed by atoms with E-state index in [9.17, 15) is 4.79 Å². The van der Waals surface area contributed by atoms with E-state index in [4.69, 9.17) is 5.73 Å². The molecule has 0 spiro atoms. The van der Waals surface area contributed by atoms with Crippen molar-refractivity contribution < 1.29 is 4.79 Å². The van der Waals surface area contributed by atoms with Gasteiger partial charge in [-0.15, -0.1) is 0 Å². The second-order valence-corrected chi connectivity index (χ2v) is 4.42. The molecule has 3 N–H and O–H groups in total. The molecule has 1 amide bonds. The summed E-state index contributed by atoms with van der Waals surface area (Å²) in [5.74, 6) is -0.0119. The summed E-state index contributed by atoms with van der Waals surface area (Å²) < 4.78 is 0. The van der Waals surface area contributed by atoms with Gasteiger partial charge in [-0.2, -0.15) is 0 Å². The number of nitrogens with zero attached hydrogens (tertiary/aromatic N) is 1.